The van der Waals surface area contributed by atoms with Gasteiger partial charge in [0.25, 0.3) is 0 Å². The number of para-hydroxylation sites is 2. The van der Waals surface area contributed by atoms with Crippen molar-refractivity contribution in [2.45, 2.75) is 5.41 Å². The Balaban J connectivity index is 1.13. The Bertz CT molecular complexity index is 2640. The lowest BCUT2D eigenvalue weighted by molar-refractivity contribution is -0.152. The average Bonchev–Trinajstić information content (AvgIpc) is 3.84. The van der Waals surface area contributed by atoms with Gasteiger partial charge in [-0.25, -0.2) is 0 Å². The minimum atomic E-state index is -2.47. The van der Waals surface area contributed by atoms with Gasteiger partial charge in [-0.15, -0.1) is 0 Å². The van der Waals surface area contributed by atoms with E-state index < -0.39 is 13.6 Å². The number of anilines is 3. The molecule has 0 saturated heterocycles. The van der Waals surface area contributed by atoms with Crippen molar-refractivity contribution in [3.05, 3.63) is 192 Å². The van der Waals surface area contributed by atoms with Gasteiger partial charge in [-0.1, -0.05) is 84.9 Å². The molecule has 2 aliphatic rings. The highest BCUT2D eigenvalue weighted by molar-refractivity contribution is 7.70. The number of fused-ring (bicyclic) bond motifs is 5. The molecule has 0 spiro atoms. The molecule has 7 aromatic rings. The molecular weight excluding hydrogens is 874 g/mol. The SMILES string of the molecule is COCCOCCOCCOc1ccc(C2(c3ccc(OCCOCCOCCOC)cc3)C3=C(c4ccc(N(c5ccccc5)c5ccccc5)cc42)[PH+]([O-])c2cc4ccccc4cc23)cc1. The third kappa shape index (κ3) is 10.1. The zero-order valence-corrected chi connectivity index (χ0v) is 39.7. The molecule has 11 heteroatoms. The molecule has 1 heterocycles. The Kier molecular flexibility index (Phi) is 15.9. The molecule has 0 aromatic heterocycles. The van der Waals surface area contributed by atoms with E-state index in [-0.39, 0.29) is 0 Å². The average molecular weight is 932 g/mol. The van der Waals surface area contributed by atoms with Gasteiger partial charge < -0.3 is 47.7 Å². The largest absolute Gasteiger partial charge is 0.673 e. The maximum atomic E-state index is 15.3. The number of methoxy groups -OCH3 is 2. The summed E-state index contributed by atoms with van der Waals surface area (Å²) < 4.78 is 45.2. The molecule has 1 aliphatic heterocycles. The second kappa shape index (κ2) is 22.9. The van der Waals surface area contributed by atoms with Gasteiger partial charge in [0.1, 0.15) is 30.0 Å². The number of rotatable bonds is 25. The highest BCUT2D eigenvalue weighted by Gasteiger charge is 2.55. The van der Waals surface area contributed by atoms with E-state index in [1.54, 1.807) is 14.2 Å². The van der Waals surface area contributed by atoms with E-state index in [0.29, 0.717) is 79.3 Å². The van der Waals surface area contributed by atoms with Crippen LogP contribution in [0.5, 0.6) is 11.5 Å². The Morgan fingerprint density at radius 3 is 1.40 bits per heavy atom. The number of benzene rings is 7. The molecule has 0 amide bonds. The molecule has 0 N–H and O–H groups in total. The Hall–Kier alpha value is -5.91. The van der Waals surface area contributed by atoms with E-state index in [4.69, 9.17) is 37.9 Å². The zero-order valence-electron chi connectivity index (χ0n) is 38.7. The fourth-order valence-electron chi connectivity index (χ4n) is 9.33. The molecule has 0 radical (unpaired) electrons. The molecule has 350 valence electrons. The van der Waals surface area contributed by atoms with E-state index in [9.17, 15) is 0 Å². The first-order chi connectivity index (χ1) is 33.6. The van der Waals surface area contributed by atoms with E-state index in [0.717, 1.165) is 83.3 Å². The van der Waals surface area contributed by atoms with Crippen LogP contribution in [0.4, 0.5) is 17.1 Å². The van der Waals surface area contributed by atoms with Gasteiger partial charge in [0.15, 0.2) is 0 Å². The van der Waals surface area contributed by atoms with Crippen LogP contribution in [-0.4, -0.2) is 93.5 Å². The maximum absolute atomic E-state index is 15.3. The van der Waals surface area contributed by atoms with Gasteiger partial charge in [0.2, 0.25) is 0 Å². The number of hydrogen-bond donors (Lipinski definition) is 0. The topological polar surface area (TPSA) is 100 Å². The van der Waals surface area contributed by atoms with Crippen molar-refractivity contribution in [1.29, 1.82) is 0 Å². The minimum Gasteiger partial charge on any atom is -0.673 e. The molecule has 1 unspecified atom stereocenters. The van der Waals surface area contributed by atoms with Crippen LogP contribution in [-0.2, 0) is 33.8 Å². The van der Waals surface area contributed by atoms with Crippen molar-refractivity contribution >= 4 is 52.2 Å². The first-order valence-corrected chi connectivity index (χ1v) is 24.7. The van der Waals surface area contributed by atoms with E-state index >= 15 is 4.89 Å². The predicted molar refractivity (Wildman–Crippen MR) is 271 cm³/mol. The summed E-state index contributed by atoms with van der Waals surface area (Å²) in [5.41, 5.74) is 8.28. The summed E-state index contributed by atoms with van der Waals surface area (Å²) in [5, 5.41) is 3.96. The molecule has 7 aromatic carbocycles. The molecule has 9 rings (SSSR count). The fraction of sp³-hybridized carbons (Fsp3) is 0.263. The van der Waals surface area contributed by atoms with E-state index in [1.165, 1.54) is 0 Å². The number of nitrogens with zero attached hydrogens (tertiary/aromatic N) is 1. The van der Waals surface area contributed by atoms with Gasteiger partial charge in [0, 0.05) is 56.1 Å². The summed E-state index contributed by atoms with van der Waals surface area (Å²) in [4.78, 5) is 17.6. The number of ether oxygens (including phenoxy) is 8. The van der Waals surface area contributed by atoms with Crippen molar-refractivity contribution in [2.75, 3.05) is 98.4 Å². The van der Waals surface area contributed by atoms with Crippen LogP contribution in [0.25, 0.3) is 21.7 Å². The summed E-state index contributed by atoms with van der Waals surface area (Å²) in [6.45, 7) is 5.73. The highest BCUT2D eigenvalue weighted by atomic mass is 31.1. The maximum Gasteiger partial charge on any atom is 0.119 e. The van der Waals surface area contributed by atoms with Crippen molar-refractivity contribution in [3.8, 4) is 11.5 Å². The molecule has 0 bridgehead atoms. The van der Waals surface area contributed by atoms with Crippen molar-refractivity contribution < 1.29 is 42.8 Å². The monoisotopic (exact) mass is 931 g/mol. The summed E-state index contributed by atoms with van der Waals surface area (Å²) >= 11 is 0. The fourth-order valence-corrected chi connectivity index (χ4v) is 11.3. The Morgan fingerprint density at radius 2 is 0.897 bits per heavy atom. The van der Waals surface area contributed by atoms with Gasteiger partial charge in [-0.3, -0.25) is 0 Å². The molecule has 0 saturated carbocycles. The van der Waals surface area contributed by atoms with Crippen LogP contribution >= 0.6 is 8.15 Å². The lowest BCUT2D eigenvalue weighted by Gasteiger charge is -2.36. The molecule has 10 nitrogen and oxygen atoms in total. The first-order valence-electron chi connectivity index (χ1n) is 23.2. The summed E-state index contributed by atoms with van der Waals surface area (Å²) in [6, 6.07) is 57.1. The molecule has 1 aliphatic carbocycles. The first kappa shape index (κ1) is 47.2. The normalized spacial score (nSPS) is 14.5. The molecule has 0 fully saturated rings. The summed E-state index contributed by atoms with van der Waals surface area (Å²) in [5.74, 6) is 1.45. The smallest absolute Gasteiger partial charge is 0.119 e. The third-order valence-electron chi connectivity index (χ3n) is 12.4. The second-order valence-electron chi connectivity index (χ2n) is 16.5. The quantitative estimate of drug-likeness (QED) is 0.0407. The summed E-state index contributed by atoms with van der Waals surface area (Å²) in [6.07, 6.45) is 0. The predicted octanol–water partition coefficient (Wildman–Crippen LogP) is 9.77. The minimum absolute atomic E-state index is 0.385. The Morgan fingerprint density at radius 1 is 0.441 bits per heavy atom. The van der Waals surface area contributed by atoms with Gasteiger partial charge in [-0.2, -0.15) is 0 Å². The van der Waals surface area contributed by atoms with Crippen molar-refractivity contribution in [1.82, 2.24) is 0 Å². The lowest BCUT2D eigenvalue weighted by atomic mass is 9.65. The van der Waals surface area contributed by atoms with Gasteiger partial charge >= 0.3 is 0 Å². The number of allylic oxidation sites excluding steroid dienone is 1. The van der Waals surface area contributed by atoms with Gasteiger partial charge in [0.05, 0.1) is 76.8 Å². The van der Waals surface area contributed by atoms with Crippen LogP contribution < -0.4 is 24.6 Å². The highest BCUT2D eigenvalue weighted by Crippen LogP contribution is 2.68. The third-order valence-corrected chi connectivity index (χ3v) is 14.3. The van der Waals surface area contributed by atoms with Crippen LogP contribution in [0, 0.1) is 0 Å². The van der Waals surface area contributed by atoms with Crippen LogP contribution in [0.15, 0.2) is 164 Å². The van der Waals surface area contributed by atoms with E-state index in [1.807, 2.05) is 42.5 Å². The molecule has 1 atom stereocenters. The standard InChI is InChI=1S/C57H58NO9P/c1-60-27-29-62-31-33-64-35-37-66-49-22-17-44(18-23-49)57(45-19-24-50(25-20-45)67-38-36-65-34-32-63-30-28-61-2)53-41-48(58(46-13-5-3-6-14-46)47-15-7-4-8-16-47)21-26-51(53)56-55(57)52-39-42-11-9-10-12-43(42)40-54(52)68(56)59/h3-26,39-41,68H,27-38H2,1-2H3. The zero-order chi connectivity index (χ0) is 46.5. The van der Waals surface area contributed by atoms with Crippen LogP contribution in [0.1, 0.15) is 27.8 Å². The molecular formula is C57H58NO9P. The Labute approximate surface area is 400 Å². The van der Waals surface area contributed by atoms with Crippen LogP contribution in [0.2, 0.25) is 0 Å². The van der Waals surface area contributed by atoms with Crippen LogP contribution in [0.3, 0.4) is 0 Å². The van der Waals surface area contributed by atoms with Crippen molar-refractivity contribution in [3.63, 3.8) is 0 Å². The lowest BCUT2D eigenvalue weighted by Crippen LogP contribution is -2.30. The second-order valence-corrected chi connectivity index (χ2v) is 18.2. The van der Waals surface area contributed by atoms with Crippen molar-refractivity contribution in [2.24, 2.45) is 0 Å². The summed E-state index contributed by atoms with van der Waals surface area (Å²) in [7, 11) is 0.840. The van der Waals surface area contributed by atoms with E-state index in [2.05, 4.69) is 126 Å². The molecule has 68 heavy (non-hydrogen) atoms. The number of hydrogen-bond acceptors (Lipinski definition) is 10. The van der Waals surface area contributed by atoms with Gasteiger partial charge in [-0.05, 0) is 106 Å².